The molecule has 0 aliphatic carbocycles. The highest BCUT2D eigenvalue weighted by Gasteiger charge is 2.28. The van der Waals surface area contributed by atoms with Crippen LogP contribution in [0.1, 0.15) is 37.3 Å². The molecule has 0 spiro atoms. The van der Waals surface area contributed by atoms with Gasteiger partial charge in [0.2, 0.25) is 5.52 Å². The lowest BCUT2D eigenvalue weighted by Crippen LogP contribution is -2.39. The number of ether oxygens (including phenoxy) is 1. The predicted octanol–water partition coefficient (Wildman–Crippen LogP) is 5.27. The number of rotatable bonds is 11. The molecular formula is C26H31N2O7S4+. The van der Waals surface area contributed by atoms with E-state index in [1.54, 1.807) is 16.3 Å². The molecule has 39 heavy (non-hydrogen) atoms. The quantitative estimate of drug-likeness (QED) is 0.220. The van der Waals surface area contributed by atoms with Gasteiger partial charge < -0.3 is 9.64 Å². The first-order valence-corrected chi connectivity index (χ1v) is 17.2. The molecule has 2 heterocycles. The van der Waals surface area contributed by atoms with Gasteiger partial charge in [0.25, 0.3) is 21.0 Å². The van der Waals surface area contributed by atoms with E-state index in [2.05, 4.69) is 0 Å². The minimum atomic E-state index is -4.28. The molecule has 210 valence electrons. The molecule has 9 nitrogen and oxygen atoms in total. The summed E-state index contributed by atoms with van der Waals surface area (Å²) in [5.41, 5.74) is 3.51. The van der Waals surface area contributed by atoms with Gasteiger partial charge in [-0.15, -0.1) is 0 Å². The van der Waals surface area contributed by atoms with Crippen molar-refractivity contribution in [2.45, 2.75) is 44.4 Å². The molecule has 1 aliphatic rings. The van der Waals surface area contributed by atoms with Gasteiger partial charge in [-0.2, -0.15) is 21.4 Å². The number of nitrogens with zero attached hydrogens (tertiary/aromatic N) is 2. The molecule has 0 fully saturated rings. The van der Waals surface area contributed by atoms with Crippen molar-refractivity contribution >= 4 is 65.3 Å². The molecule has 0 saturated carbocycles. The number of aryl methyl sites for hydroxylation is 1. The predicted molar refractivity (Wildman–Crippen MR) is 157 cm³/mol. The zero-order valence-electron chi connectivity index (χ0n) is 21.8. The number of fused-ring (bicyclic) bond motifs is 2. The molecule has 13 heteroatoms. The largest absolute Gasteiger partial charge is 0.494 e. The fourth-order valence-corrected chi connectivity index (χ4v) is 7.70. The minimum Gasteiger partial charge on any atom is -0.494 e. The fraction of sp³-hybridized carbons (Fsp3) is 0.346. The van der Waals surface area contributed by atoms with Crippen LogP contribution in [0.4, 0.5) is 5.69 Å². The first kappa shape index (κ1) is 29.6. The summed E-state index contributed by atoms with van der Waals surface area (Å²) in [5.74, 6) is -0.205. The Morgan fingerprint density at radius 2 is 1.85 bits per heavy atom. The number of hydrogen-bond acceptors (Lipinski definition) is 8. The maximum absolute atomic E-state index is 11.9. The summed E-state index contributed by atoms with van der Waals surface area (Å²) in [6, 6.07) is 11.6. The third-order valence-corrected chi connectivity index (χ3v) is 9.61. The Bertz CT molecular complexity index is 1660. The Balaban J connectivity index is 1.76. The number of hydrogen-bond donors (Lipinski definition) is 2. The summed E-state index contributed by atoms with van der Waals surface area (Å²) in [5, 5.41) is 1.55. The average Bonchev–Trinajstić information content (AvgIpc) is 3.34. The van der Waals surface area contributed by atoms with E-state index in [0.717, 1.165) is 37.0 Å². The Morgan fingerprint density at radius 3 is 2.51 bits per heavy atom. The summed E-state index contributed by atoms with van der Waals surface area (Å²) in [6.07, 6.45) is 4.79. The SMILES string of the molecule is CCOc1ccc2c(c1)N(CCCS(=O)(=O)O)/C(=C\C(=C/c1sc3ccc(C)cc3[n+]1CS(=O)(=O)O)CC)S2. The van der Waals surface area contributed by atoms with Gasteiger partial charge in [0.15, 0.2) is 0 Å². The van der Waals surface area contributed by atoms with E-state index in [9.17, 15) is 25.9 Å². The number of benzene rings is 2. The molecule has 2 N–H and O–H groups in total. The molecule has 0 atom stereocenters. The average molecular weight is 612 g/mol. The van der Waals surface area contributed by atoms with Crippen molar-refractivity contribution in [3.63, 3.8) is 0 Å². The Kier molecular flexibility index (Phi) is 9.08. The highest BCUT2D eigenvalue weighted by molar-refractivity contribution is 8.03. The van der Waals surface area contributed by atoms with E-state index in [4.69, 9.17) is 4.74 Å². The maximum atomic E-state index is 11.9. The van der Waals surface area contributed by atoms with Gasteiger partial charge in [0.05, 0.1) is 23.1 Å². The van der Waals surface area contributed by atoms with Crippen molar-refractivity contribution in [1.82, 2.24) is 0 Å². The van der Waals surface area contributed by atoms with E-state index < -0.39 is 26.1 Å². The van der Waals surface area contributed by atoms with Crippen LogP contribution in [0.3, 0.4) is 0 Å². The van der Waals surface area contributed by atoms with Crippen molar-refractivity contribution in [2.24, 2.45) is 0 Å². The second-order valence-electron chi connectivity index (χ2n) is 9.06. The van der Waals surface area contributed by atoms with Gasteiger partial charge in [-0.05, 0) is 62.1 Å². The summed E-state index contributed by atoms with van der Waals surface area (Å²) in [6.45, 7) is 6.70. The molecule has 0 amide bonds. The third kappa shape index (κ3) is 7.62. The first-order chi connectivity index (χ1) is 18.4. The number of thioether (sulfide) groups is 1. The molecule has 0 saturated heterocycles. The number of thiazole rings is 1. The third-order valence-electron chi connectivity index (χ3n) is 6.00. The highest BCUT2D eigenvalue weighted by atomic mass is 32.2. The van der Waals surface area contributed by atoms with Crippen LogP contribution < -0.4 is 14.2 Å². The molecule has 1 aromatic heterocycles. The van der Waals surface area contributed by atoms with E-state index in [1.165, 1.54) is 11.3 Å². The van der Waals surface area contributed by atoms with Gasteiger partial charge >= 0.3 is 10.1 Å². The highest BCUT2D eigenvalue weighted by Crippen LogP contribution is 2.48. The number of aromatic nitrogens is 1. The fourth-order valence-electron chi connectivity index (χ4n) is 4.26. The summed E-state index contributed by atoms with van der Waals surface area (Å²) in [4.78, 5) is 3.00. The molecular weight excluding hydrogens is 581 g/mol. The zero-order valence-corrected chi connectivity index (χ0v) is 25.1. The zero-order chi connectivity index (χ0) is 28.4. The Morgan fingerprint density at radius 1 is 1.08 bits per heavy atom. The van der Waals surface area contributed by atoms with Crippen molar-refractivity contribution in [1.29, 1.82) is 0 Å². The Hall–Kier alpha value is -2.42. The van der Waals surface area contributed by atoms with Crippen molar-refractivity contribution in [3.05, 3.63) is 63.6 Å². The molecule has 0 unspecified atom stereocenters. The Labute approximate surface area is 237 Å². The van der Waals surface area contributed by atoms with Crippen LogP contribution in [0.15, 0.2) is 58.0 Å². The van der Waals surface area contributed by atoms with Crippen LogP contribution >= 0.6 is 23.1 Å². The van der Waals surface area contributed by atoms with Gasteiger partial charge in [-0.3, -0.25) is 9.11 Å². The lowest BCUT2D eigenvalue weighted by molar-refractivity contribution is -0.649. The minimum absolute atomic E-state index is 0.226. The van der Waals surface area contributed by atoms with Crippen molar-refractivity contribution in [2.75, 3.05) is 23.8 Å². The number of allylic oxidation sites excluding steroid dienone is 2. The number of anilines is 1. The van der Waals surface area contributed by atoms with Crippen LogP contribution in [-0.2, 0) is 26.1 Å². The van der Waals surface area contributed by atoms with E-state index >= 15 is 0 Å². The standard InChI is InChI=1S/C26H30N2O7S4/c1-4-19(15-26-28(17-39(32,33)34)21-13-18(3)7-9-23(21)37-26)14-25-27(11-6-12-38(29,30)31)22-16-20(35-5-2)8-10-24(22)36-25/h7-10,13-16H,4-6,11-12,17H2,1-3H3,(H-,29,30,31,32,33,34)/p+1. The van der Waals surface area contributed by atoms with Gasteiger partial charge in [0, 0.05) is 29.6 Å². The van der Waals surface area contributed by atoms with Crippen molar-refractivity contribution < 1.29 is 35.2 Å². The van der Waals surface area contributed by atoms with Gasteiger partial charge in [0.1, 0.15) is 10.4 Å². The van der Waals surface area contributed by atoms with E-state index in [1.807, 2.05) is 74.2 Å². The summed E-state index contributed by atoms with van der Waals surface area (Å²) < 4.78 is 73.5. The smallest absolute Gasteiger partial charge is 0.326 e. The lowest BCUT2D eigenvalue weighted by atomic mass is 10.2. The summed E-state index contributed by atoms with van der Waals surface area (Å²) in [7, 11) is -8.38. The first-order valence-electron chi connectivity index (χ1n) is 12.3. The second kappa shape index (κ2) is 12.0. The monoisotopic (exact) mass is 611 g/mol. The van der Waals surface area contributed by atoms with Crippen LogP contribution in [0, 0.1) is 6.92 Å². The van der Waals surface area contributed by atoms with Gasteiger partial charge in [-0.25, -0.2) is 0 Å². The molecule has 0 bridgehead atoms. The normalized spacial score (nSPS) is 15.4. The topological polar surface area (TPSA) is 125 Å². The lowest BCUT2D eigenvalue weighted by Gasteiger charge is -2.21. The van der Waals surface area contributed by atoms with Crippen molar-refractivity contribution in [3.8, 4) is 5.75 Å². The molecule has 1 aliphatic heterocycles. The second-order valence-corrected chi connectivity index (χ2v) is 14.2. The molecule has 4 rings (SSSR count). The maximum Gasteiger partial charge on any atom is 0.326 e. The van der Waals surface area contributed by atoms with Crippen LogP contribution in [-0.4, -0.2) is 44.8 Å². The summed E-state index contributed by atoms with van der Waals surface area (Å²) >= 11 is 2.98. The van der Waals surface area contributed by atoms with Crippen LogP contribution in [0.5, 0.6) is 5.75 Å². The molecule has 2 aromatic carbocycles. The molecule has 3 aromatic rings. The molecule has 0 radical (unpaired) electrons. The van der Waals surface area contributed by atoms with Gasteiger partial charge in [-0.1, -0.05) is 36.1 Å². The van der Waals surface area contributed by atoms with E-state index in [0.29, 0.717) is 30.3 Å². The van der Waals surface area contributed by atoms with Crippen LogP contribution in [0.2, 0.25) is 0 Å². The van der Waals surface area contributed by atoms with E-state index in [-0.39, 0.29) is 12.2 Å². The van der Waals surface area contributed by atoms with Crippen LogP contribution in [0.25, 0.3) is 16.3 Å².